The summed E-state index contributed by atoms with van der Waals surface area (Å²) in [5, 5.41) is 11.8. The number of aliphatic hydroxyl groups is 1. The number of benzene rings is 1. The molecule has 1 unspecified atom stereocenters. The van der Waals surface area contributed by atoms with E-state index in [1.165, 1.54) is 18.2 Å². The highest BCUT2D eigenvalue weighted by atomic mass is 19.1. The molecule has 0 spiro atoms. The highest BCUT2D eigenvalue weighted by Gasteiger charge is 2.08. The van der Waals surface area contributed by atoms with E-state index >= 15 is 0 Å². The summed E-state index contributed by atoms with van der Waals surface area (Å²) in [6.07, 6.45) is 0.218. The van der Waals surface area contributed by atoms with Crippen LogP contribution in [0.15, 0.2) is 18.2 Å². The number of nitrogens with zero attached hydrogens (tertiary/aromatic N) is 1. The van der Waals surface area contributed by atoms with Crippen molar-refractivity contribution in [2.45, 2.75) is 19.4 Å². The molecule has 1 rings (SSSR count). The van der Waals surface area contributed by atoms with Gasteiger partial charge in [-0.15, -0.1) is 0 Å². The first-order chi connectivity index (χ1) is 8.88. The highest BCUT2D eigenvalue weighted by molar-refractivity contribution is 5.92. The van der Waals surface area contributed by atoms with Gasteiger partial charge < -0.3 is 16.2 Å². The van der Waals surface area contributed by atoms with E-state index in [1.807, 2.05) is 0 Å². The Morgan fingerprint density at radius 2 is 2.26 bits per heavy atom. The Morgan fingerprint density at radius 3 is 2.84 bits per heavy atom. The molecular formula is C13H20FN3O2. The summed E-state index contributed by atoms with van der Waals surface area (Å²) in [6.45, 7) is 2.52. The maximum atomic E-state index is 13.0. The lowest BCUT2D eigenvalue weighted by atomic mass is 10.2. The van der Waals surface area contributed by atoms with E-state index in [0.717, 1.165) is 0 Å². The minimum atomic E-state index is -0.507. The zero-order chi connectivity index (χ0) is 14.4. The molecule has 5 nitrogen and oxygen atoms in total. The number of nitrogens with two attached hydrogens (primary N) is 1. The Balaban J connectivity index is 2.44. The van der Waals surface area contributed by atoms with Crippen molar-refractivity contribution >= 4 is 17.3 Å². The molecule has 0 heterocycles. The van der Waals surface area contributed by atoms with Gasteiger partial charge in [-0.25, -0.2) is 4.39 Å². The van der Waals surface area contributed by atoms with Crippen LogP contribution in [0.3, 0.4) is 0 Å². The molecule has 0 aliphatic heterocycles. The number of hydrogen-bond donors (Lipinski definition) is 3. The van der Waals surface area contributed by atoms with Gasteiger partial charge in [-0.2, -0.15) is 0 Å². The molecule has 106 valence electrons. The van der Waals surface area contributed by atoms with Gasteiger partial charge in [0.05, 0.1) is 18.3 Å². The summed E-state index contributed by atoms with van der Waals surface area (Å²) in [4.78, 5) is 13.5. The maximum absolute atomic E-state index is 13.0. The fourth-order valence-electron chi connectivity index (χ4n) is 1.55. The van der Waals surface area contributed by atoms with Crippen LogP contribution in [0.2, 0.25) is 0 Å². The molecule has 6 heteroatoms. The normalized spacial score (nSPS) is 12.5. The summed E-state index contributed by atoms with van der Waals surface area (Å²) < 4.78 is 13.0. The summed E-state index contributed by atoms with van der Waals surface area (Å²) in [5.41, 5.74) is 5.88. The van der Waals surface area contributed by atoms with Gasteiger partial charge in [0.2, 0.25) is 5.91 Å². The second-order valence-corrected chi connectivity index (χ2v) is 4.66. The average molecular weight is 269 g/mol. The number of likely N-dealkylation sites (N-methyl/N-ethyl adjacent to an activating group) is 1. The molecular weight excluding hydrogens is 249 g/mol. The third-order valence-corrected chi connectivity index (χ3v) is 2.62. The van der Waals surface area contributed by atoms with Crippen LogP contribution in [0.25, 0.3) is 0 Å². The Bertz CT molecular complexity index is 438. The van der Waals surface area contributed by atoms with Gasteiger partial charge in [-0.05, 0) is 38.6 Å². The minimum absolute atomic E-state index is 0.000241. The lowest BCUT2D eigenvalue weighted by Crippen LogP contribution is -2.32. The van der Waals surface area contributed by atoms with Crippen LogP contribution in [0.1, 0.15) is 13.3 Å². The van der Waals surface area contributed by atoms with Gasteiger partial charge in [0.15, 0.2) is 0 Å². The summed E-state index contributed by atoms with van der Waals surface area (Å²) in [6, 6.07) is 4.05. The van der Waals surface area contributed by atoms with E-state index in [4.69, 9.17) is 10.8 Å². The number of hydrogen-bond acceptors (Lipinski definition) is 4. The standard InChI is InChI=1S/C13H20FN3O2/c1-9(18)5-6-17(2)8-13(19)16-10-3-4-11(14)12(15)7-10/h3-4,7,9,18H,5-6,8,15H2,1-2H3,(H,16,19). The predicted octanol–water partition coefficient (Wildman–Crippen LogP) is 1.05. The second-order valence-electron chi connectivity index (χ2n) is 4.66. The molecule has 1 amide bonds. The van der Waals surface area contributed by atoms with Crippen molar-refractivity contribution in [3.63, 3.8) is 0 Å². The number of carbonyl (C=O) groups excluding carboxylic acids is 1. The van der Waals surface area contributed by atoms with Gasteiger partial charge in [0, 0.05) is 12.2 Å². The Kier molecular flexibility index (Phi) is 5.72. The molecule has 4 N–H and O–H groups in total. The number of rotatable bonds is 6. The van der Waals surface area contributed by atoms with Crippen LogP contribution in [0.5, 0.6) is 0 Å². The fourth-order valence-corrected chi connectivity index (χ4v) is 1.55. The molecule has 0 aliphatic carbocycles. The Morgan fingerprint density at radius 1 is 1.58 bits per heavy atom. The van der Waals surface area contributed by atoms with Crippen LogP contribution in [-0.4, -0.2) is 42.2 Å². The van der Waals surface area contributed by atoms with Crippen molar-refractivity contribution in [1.29, 1.82) is 0 Å². The molecule has 1 aromatic carbocycles. The minimum Gasteiger partial charge on any atom is -0.396 e. The predicted molar refractivity (Wildman–Crippen MR) is 73.2 cm³/mol. The monoisotopic (exact) mass is 269 g/mol. The van der Waals surface area contributed by atoms with Gasteiger partial charge in [0.1, 0.15) is 5.82 Å². The number of halogens is 1. The van der Waals surface area contributed by atoms with Crippen LogP contribution in [0.4, 0.5) is 15.8 Å². The first kappa shape index (κ1) is 15.4. The van der Waals surface area contributed by atoms with Crippen molar-refractivity contribution in [2.75, 3.05) is 31.2 Å². The molecule has 0 aliphatic rings. The average Bonchev–Trinajstić information content (AvgIpc) is 2.31. The van der Waals surface area contributed by atoms with Crippen molar-refractivity contribution in [2.24, 2.45) is 0 Å². The van der Waals surface area contributed by atoms with E-state index < -0.39 is 5.82 Å². The molecule has 0 saturated heterocycles. The molecule has 0 fully saturated rings. The summed E-state index contributed by atoms with van der Waals surface area (Å²) in [7, 11) is 1.79. The SMILES string of the molecule is CC(O)CCN(C)CC(=O)Nc1ccc(F)c(N)c1. The number of anilines is 2. The van der Waals surface area contributed by atoms with E-state index in [0.29, 0.717) is 18.7 Å². The van der Waals surface area contributed by atoms with Gasteiger partial charge in [-0.1, -0.05) is 0 Å². The van der Waals surface area contributed by atoms with Crippen LogP contribution >= 0.6 is 0 Å². The number of amides is 1. The zero-order valence-electron chi connectivity index (χ0n) is 11.2. The molecule has 1 atom stereocenters. The third kappa shape index (κ3) is 5.67. The highest BCUT2D eigenvalue weighted by Crippen LogP contribution is 2.16. The van der Waals surface area contributed by atoms with E-state index in [9.17, 15) is 9.18 Å². The van der Waals surface area contributed by atoms with E-state index in [2.05, 4.69) is 5.32 Å². The number of carbonyl (C=O) groups is 1. The Hall–Kier alpha value is -1.66. The summed E-state index contributed by atoms with van der Waals surface area (Å²) >= 11 is 0. The first-order valence-electron chi connectivity index (χ1n) is 6.10. The Labute approximate surface area is 112 Å². The van der Waals surface area contributed by atoms with E-state index in [1.54, 1.807) is 18.9 Å². The molecule has 1 aromatic rings. The largest absolute Gasteiger partial charge is 0.396 e. The fraction of sp³-hybridized carbons (Fsp3) is 0.462. The molecule has 0 aromatic heterocycles. The lowest BCUT2D eigenvalue weighted by Gasteiger charge is -2.17. The molecule has 0 radical (unpaired) electrons. The van der Waals surface area contributed by atoms with Crippen molar-refractivity contribution in [3.8, 4) is 0 Å². The van der Waals surface area contributed by atoms with Crippen LogP contribution in [-0.2, 0) is 4.79 Å². The zero-order valence-corrected chi connectivity index (χ0v) is 11.2. The molecule has 19 heavy (non-hydrogen) atoms. The van der Waals surface area contributed by atoms with Gasteiger partial charge in [0.25, 0.3) is 0 Å². The van der Waals surface area contributed by atoms with Gasteiger partial charge in [-0.3, -0.25) is 9.69 Å². The lowest BCUT2D eigenvalue weighted by molar-refractivity contribution is -0.117. The van der Waals surface area contributed by atoms with Crippen molar-refractivity contribution < 1.29 is 14.3 Å². The number of nitrogen functional groups attached to an aromatic ring is 1. The number of aliphatic hydroxyl groups excluding tert-OH is 1. The maximum Gasteiger partial charge on any atom is 0.238 e. The van der Waals surface area contributed by atoms with Gasteiger partial charge >= 0.3 is 0 Å². The van der Waals surface area contributed by atoms with Crippen LogP contribution in [0, 0.1) is 5.82 Å². The van der Waals surface area contributed by atoms with Crippen molar-refractivity contribution in [1.82, 2.24) is 4.90 Å². The van der Waals surface area contributed by atoms with E-state index in [-0.39, 0.29) is 24.2 Å². The quantitative estimate of drug-likeness (QED) is 0.674. The van der Waals surface area contributed by atoms with Crippen molar-refractivity contribution in [3.05, 3.63) is 24.0 Å². The van der Waals surface area contributed by atoms with Crippen LogP contribution < -0.4 is 11.1 Å². The molecule has 0 saturated carbocycles. The number of nitrogens with one attached hydrogen (secondary N) is 1. The third-order valence-electron chi connectivity index (χ3n) is 2.62. The molecule has 0 bridgehead atoms. The smallest absolute Gasteiger partial charge is 0.238 e. The first-order valence-corrected chi connectivity index (χ1v) is 6.10. The second kappa shape index (κ2) is 7.06. The topological polar surface area (TPSA) is 78.6 Å². The summed E-state index contributed by atoms with van der Waals surface area (Å²) in [5.74, 6) is -0.717.